The second kappa shape index (κ2) is 9.75. The molecule has 0 aromatic heterocycles. The van der Waals surface area contributed by atoms with Crippen LogP contribution in [-0.4, -0.2) is 42.6 Å². The van der Waals surface area contributed by atoms with E-state index in [1.807, 2.05) is 30.3 Å². The molecule has 0 saturated carbocycles. The summed E-state index contributed by atoms with van der Waals surface area (Å²) in [6.45, 7) is 3.89. The third kappa shape index (κ3) is 4.20. The van der Waals surface area contributed by atoms with E-state index in [-0.39, 0.29) is 42.6 Å². The summed E-state index contributed by atoms with van der Waals surface area (Å²) in [5, 5.41) is 10.9. The molecule has 0 aliphatic carbocycles. The lowest BCUT2D eigenvalue weighted by Gasteiger charge is -2.24. The second-order valence-electron chi connectivity index (χ2n) is 8.98. The summed E-state index contributed by atoms with van der Waals surface area (Å²) in [6.07, 6.45) is 1.38. The van der Waals surface area contributed by atoms with Gasteiger partial charge in [0.15, 0.2) is 0 Å². The van der Waals surface area contributed by atoms with Gasteiger partial charge in [-0.3, -0.25) is 14.9 Å². The van der Waals surface area contributed by atoms with E-state index >= 15 is 0 Å². The highest BCUT2D eigenvalue weighted by Gasteiger charge is 2.42. The van der Waals surface area contributed by atoms with E-state index in [2.05, 4.69) is 11.6 Å². The standard InChI is InChI=1S/C27H25N5O5S/c1-2-24(38(36,37)31-17-22(29-27(31)28)18-9-5-3-6-10-18)21-13-14-23-20(25(21)32(34)35)15-16-30(23)26(33)19-11-7-4-8-12-19/h2-14,22,24H,1,15-17H2,(H2,28,29). The number of carbonyl (C=O) groups is 1. The van der Waals surface area contributed by atoms with Gasteiger partial charge in [0.25, 0.3) is 11.6 Å². The lowest BCUT2D eigenvalue weighted by Crippen LogP contribution is -2.41. The monoisotopic (exact) mass is 531 g/mol. The molecule has 194 valence electrons. The molecule has 2 N–H and O–H groups in total. The number of amides is 1. The number of hydrogen-bond acceptors (Lipinski definition) is 7. The summed E-state index contributed by atoms with van der Waals surface area (Å²) < 4.78 is 28.6. The first-order valence-corrected chi connectivity index (χ1v) is 13.4. The van der Waals surface area contributed by atoms with Gasteiger partial charge in [-0.1, -0.05) is 54.6 Å². The Hall–Kier alpha value is -4.51. The first-order valence-electron chi connectivity index (χ1n) is 11.9. The molecule has 5 rings (SSSR count). The zero-order chi connectivity index (χ0) is 27.0. The molecule has 10 nitrogen and oxygen atoms in total. The molecule has 38 heavy (non-hydrogen) atoms. The predicted octanol–water partition coefficient (Wildman–Crippen LogP) is 3.73. The zero-order valence-electron chi connectivity index (χ0n) is 20.3. The summed E-state index contributed by atoms with van der Waals surface area (Å²) in [7, 11) is -4.27. The van der Waals surface area contributed by atoms with E-state index in [0.717, 1.165) is 15.9 Å². The maximum Gasteiger partial charge on any atom is 0.279 e. The molecule has 2 unspecified atom stereocenters. The van der Waals surface area contributed by atoms with Crippen molar-refractivity contribution >= 4 is 33.3 Å². The van der Waals surface area contributed by atoms with Crippen LogP contribution in [0.1, 0.15) is 38.3 Å². The first-order chi connectivity index (χ1) is 18.2. The number of benzene rings is 3. The van der Waals surface area contributed by atoms with Crippen LogP contribution < -0.4 is 10.6 Å². The Morgan fingerprint density at radius 3 is 2.39 bits per heavy atom. The molecular weight excluding hydrogens is 506 g/mol. The number of nitro benzene ring substituents is 1. The van der Waals surface area contributed by atoms with Crippen molar-refractivity contribution in [3.63, 3.8) is 0 Å². The number of hydrogen-bond donors (Lipinski definition) is 1. The number of carbonyl (C=O) groups excluding carboxylic acids is 1. The summed E-state index contributed by atoms with van der Waals surface area (Å²) in [4.78, 5) is 30.6. The normalized spacial score (nSPS) is 17.6. The molecule has 3 aromatic carbocycles. The quantitative estimate of drug-likeness (QED) is 0.280. The smallest absolute Gasteiger partial charge is 0.279 e. The van der Waals surface area contributed by atoms with E-state index in [4.69, 9.17) is 5.73 Å². The molecule has 11 heteroatoms. The van der Waals surface area contributed by atoms with Gasteiger partial charge in [0, 0.05) is 12.1 Å². The van der Waals surface area contributed by atoms with Crippen molar-refractivity contribution < 1.29 is 18.1 Å². The zero-order valence-corrected chi connectivity index (χ0v) is 21.1. The van der Waals surface area contributed by atoms with Crippen LogP contribution in [0.25, 0.3) is 0 Å². The largest absolute Gasteiger partial charge is 0.369 e. The number of sulfonamides is 1. The molecule has 2 aliphatic rings. The molecule has 0 saturated heterocycles. The summed E-state index contributed by atoms with van der Waals surface area (Å²) in [5.74, 6) is -0.471. The summed E-state index contributed by atoms with van der Waals surface area (Å²) in [5.41, 5.74) is 7.62. The topological polar surface area (TPSA) is 139 Å². The van der Waals surface area contributed by atoms with Crippen LogP contribution >= 0.6 is 0 Å². The van der Waals surface area contributed by atoms with Crippen LogP contribution in [0.4, 0.5) is 11.4 Å². The Balaban J connectivity index is 1.51. The van der Waals surface area contributed by atoms with Crippen molar-refractivity contribution in [1.82, 2.24) is 4.31 Å². The average Bonchev–Trinajstić information content (AvgIpc) is 3.53. The number of guanidine groups is 1. The van der Waals surface area contributed by atoms with Crippen molar-refractivity contribution in [3.8, 4) is 0 Å². The van der Waals surface area contributed by atoms with Gasteiger partial charge in [-0.05, 0) is 36.2 Å². The van der Waals surface area contributed by atoms with Gasteiger partial charge >= 0.3 is 0 Å². The van der Waals surface area contributed by atoms with E-state index in [1.165, 1.54) is 11.0 Å². The molecule has 1 amide bonds. The van der Waals surface area contributed by atoms with E-state index in [9.17, 15) is 23.3 Å². The predicted molar refractivity (Wildman–Crippen MR) is 144 cm³/mol. The highest BCUT2D eigenvalue weighted by molar-refractivity contribution is 7.90. The Kier molecular flexibility index (Phi) is 6.45. The minimum absolute atomic E-state index is 0.0272. The number of nitrogens with two attached hydrogens (primary N) is 1. The molecule has 2 atom stereocenters. The highest BCUT2D eigenvalue weighted by Crippen LogP contribution is 2.43. The Morgan fingerprint density at radius 2 is 1.76 bits per heavy atom. The number of fused-ring (bicyclic) bond motifs is 1. The molecule has 2 heterocycles. The average molecular weight is 532 g/mol. The molecule has 0 fully saturated rings. The van der Waals surface area contributed by atoms with Crippen LogP contribution in [0.15, 0.2) is 90.4 Å². The lowest BCUT2D eigenvalue weighted by atomic mass is 10.0. The van der Waals surface area contributed by atoms with E-state index in [0.29, 0.717) is 16.8 Å². The van der Waals surface area contributed by atoms with Crippen molar-refractivity contribution in [2.24, 2.45) is 10.7 Å². The van der Waals surface area contributed by atoms with Crippen LogP contribution in [0.2, 0.25) is 0 Å². The van der Waals surface area contributed by atoms with Crippen LogP contribution in [0, 0.1) is 10.1 Å². The molecule has 0 spiro atoms. The molecular formula is C27H25N5O5S. The molecule has 3 aromatic rings. The Labute approximate surface area is 219 Å². The third-order valence-corrected chi connectivity index (χ3v) is 8.87. The summed E-state index contributed by atoms with van der Waals surface area (Å²) >= 11 is 0. The van der Waals surface area contributed by atoms with E-state index < -0.39 is 26.2 Å². The van der Waals surface area contributed by atoms with Crippen LogP contribution in [0.5, 0.6) is 0 Å². The highest BCUT2D eigenvalue weighted by atomic mass is 32.2. The number of nitro groups is 1. The van der Waals surface area contributed by atoms with Crippen molar-refractivity contribution in [3.05, 3.63) is 118 Å². The first kappa shape index (κ1) is 25.2. The number of nitrogens with zero attached hydrogens (tertiary/aromatic N) is 4. The molecule has 0 radical (unpaired) electrons. The van der Waals surface area contributed by atoms with Gasteiger partial charge in [-0.15, -0.1) is 6.58 Å². The number of anilines is 1. The molecule has 0 bridgehead atoms. The fraction of sp³-hybridized carbons (Fsp3) is 0.185. The van der Waals surface area contributed by atoms with Crippen molar-refractivity contribution in [2.45, 2.75) is 17.7 Å². The minimum atomic E-state index is -4.27. The van der Waals surface area contributed by atoms with Crippen molar-refractivity contribution in [2.75, 3.05) is 18.0 Å². The fourth-order valence-electron chi connectivity index (χ4n) is 5.03. The Bertz CT molecular complexity index is 1560. The number of aliphatic imine (C=N–C) groups is 1. The maximum atomic E-state index is 13.8. The number of rotatable bonds is 7. The van der Waals surface area contributed by atoms with Crippen LogP contribution in [-0.2, 0) is 16.4 Å². The Morgan fingerprint density at radius 1 is 1.11 bits per heavy atom. The maximum absolute atomic E-state index is 13.8. The van der Waals surface area contributed by atoms with Crippen molar-refractivity contribution in [1.29, 1.82) is 0 Å². The lowest BCUT2D eigenvalue weighted by molar-refractivity contribution is -0.386. The molecule has 2 aliphatic heterocycles. The minimum Gasteiger partial charge on any atom is -0.369 e. The van der Waals surface area contributed by atoms with Gasteiger partial charge in [0.1, 0.15) is 5.25 Å². The summed E-state index contributed by atoms with van der Waals surface area (Å²) in [6, 6.07) is 20.2. The fourth-order valence-corrected chi connectivity index (χ4v) is 6.72. The third-order valence-electron chi connectivity index (χ3n) is 6.83. The SMILES string of the molecule is C=CC(c1ccc2c(c1[N+](=O)[O-])CCN2C(=O)c1ccccc1)S(=O)(=O)N1CC(c2ccccc2)N=C1N. The van der Waals surface area contributed by atoms with Gasteiger partial charge < -0.3 is 10.6 Å². The van der Waals surface area contributed by atoms with Gasteiger partial charge in [0.05, 0.1) is 34.3 Å². The second-order valence-corrected chi connectivity index (χ2v) is 11.0. The van der Waals surface area contributed by atoms with Gasteiger partial charge in [-0.2, -0.15) is 0 Å². The van der Waals surface area contributed by atoms with E-state index in [1.54, 1.807) is 36.4 Å². The van der Waals surface area contributed by atoms with Gasteiger partial charge in [-0.25, -0.2) is 17.7 Å². The van der Waals surface area contributed by atoms with Crippen LogP contribution in [0.3, 0.4) is 0 Å². The van der Waals surface area contributed by atoms with Gasteiger partial charge in [0.2, 0.25) is 16.0 Å².